The number of carbonyl (C=O) groups is 2. The molecule has 2 rings (SSSR count). The maximum absolute atomic E-state index is 12.9. The number of rotatable bonds is 7. The number of ether oxygens (including phenoxy) is 1. The smallest absolute Gasteiger partial charge is 0.255 e. The van der Waals surface area contributed by atoms with E-state index in [1.807, 2.05) is 31.9 Å². The summed E-state index contributed by atoms with van der Waals surface area (Å²) in [7, 11) is 3.46. The lowest BCUT2D eigenvalue weighted by Gasteiger charge is -2.27. The van der Waals surface area contributed by atoms with Crippen molar-refractivity contribution in [3.8, 4) is 5.75 Å². The highest BCUT2D eigenvalue weighted by Crippen LogP contribution is 2.20. The minimum absolute atomic E-state index is 0.00292. The summed E-state index contributed by atoms with van der Waals surface area (Å²) >= 11 is 0. The number of hydrogen-bond acceptors (Lipinski definition) is 4. The number of nitrogens with one attached hydrogen (secondary N) is 2. The molecule has 1 heterocycles. The molecule has 1 aromatic carbocycles. The number of likely N-dealkylation sites (tertiary alicyclic amines) is 1. The van der Waals surface area contributed by atoms with Gasteiger partial charge in [0.2, 0.25) is 5.91 Å². The van der Waals surface area contributed by atoms with Gasteiger partial charge in [0.15, 0.2) is 0 Å². The lowest BCUT2D eigenvalue weighted by molar-refractivity contribution is -0.133. The van der Waals surface area contributed by atoms with E-state index in [0.29, 0.717) is 17.2 Å². The van der Waals surface area contributed by atoms with Crippen LogP contribution >= 0.6 is 0 Å². The normalized spacial score (nSPS) is 18.3. The first-order valence-electron chi connectivity index (χ1n) is 8.85. The van der Waals surface area contributed by atoms with Crippen LogP contribution in [0.3, 0.4) is 0 Å². The van der Waals surface area contributed by atoms with Crippen LogP contribution in [-0.2, 0) is 4.79 Å². The van der Waals surface area contributed by atoms with Gasteiger partial charge in [0.25, 0.3) is 5.91 Å². The molecule has 2 amide bonds. The second-order valence-electron chi connectivity index (χ2n) is 6.89. The zero-order chi connectivity index (χ0) is 18.4. The van der Waals surface area contributed by atoms with E-state index >= 15 is 0 Å². The van der Waals surface area contributed by atoms with Crippen molar-refractivity contribution in [2.45, 2.75) is 26.3 Å². The van der Waals surface area contributed by atoms with Gasteiger partial charge in [0.1, 0.15) is 11.8 Å². The molecule has 2 atom stereocenters. The first-order chi connectivity index (χ1) is 12.0. The molecule has 138 valence electrons. The molecule has 2 unspecified atom stereocenters. The van der Waals surface area contributed by atoms with Gasteiger partial charge in [-0.3, -0.25) is 9.59 Å². The number of carbonyl (C=O) groups excluding carboxylic acids is 2. The molecule has 6 heteroatoms. The van der Waals surface area contributed by atoms with E-state index in [4.69, 9.17) is 4.74 Å². The third kappa shape index (κ3) is 4.72. The molecule has 0 saturated carbocycles. The molecule has 25 heavy (non-hydrogen) atoms. The summed E-state index contributed by atoms with van der Waals surface area (Å²) in [5.41, 5.74) is 0.443. The Bertz CT molecular complexity index is 603. The quantitative estimate of drug-likeness (QED) is 0.784. The van der Waals surface area contributed by atoms with Crippen molar-refractivity contribution in [2.24, 2.45) is 11.8 Å². The monoisotopic (exact) mass is 347 g/mol. The lowest BCUT2D eigenvalue weighted by Crippen LogP contribution is -2.50. The zero-order valence-electron chi connectivity index (χ0n) is 15.5. The van der Waals surface area contributed by atoms with Crippen LogP contribution in [0.1, 0.15) is 30.6 Å². The number of hydrogen-bond donors (Lipinski definition) is 2. The van der Waals surface area contributed by atoms with Crippen molar-refractivity contribution in [1.82, 2.24) is 15.5 Å². The zero-order valence-corrected chi connectivity index (χ0v) is 15.5. The number of methoxy groups -OCH3 is 1. The van der Waals surface area contributed by atoms with Crippen LogP contribution in [0, 0.1) is 11.8 Å². The fourth-order valence-corrected chi connectivity index (χ4v) is 3.25. The molecule has 6 nitrogen and oxygen atoms in total. The van der Waals surface area contributed by atoms with Crippen LogP contribution < -0.4 is 15.4 Å². The van der Waals surface area contributed by atoms with Gasteiger partial charge in [-0.05, 0) is 44.0 Å². The number of amides is 2. The van der Waals surface area contributed by atoms with Gasteiger partial charge < -0.3 is 20.3 Å². The summed E-state index contributed by atoms with van der Waals surface area (Å²) in [5, 5.41) is 6.07. The average Bonchev–Trinajstić information content (AvgIpc) is 3.07. The third-order valence-electron chi connectivity index (χ3n) is 4.66. The Hall–Kier alpha value is -2.08. The largest absolute Gasteiger partial charge is 0.496 e. The van der Waals surface area contributed by atoms with Gasteiger partial charge in [0, 0.05) is 13.1 Å². The highest BCUT2D eigenvalue weighted by Gasteiger charge is 2.33. The molecule has 2 N–H and O–H groups in total. The van der Waals surface area contributed by atoms with E-state index in [1.165, 1.54) is 7.11 Å². The van der Waals surface area contributed by atoms with E-state index in [-0.39, 0.29) is 17.7 Å². The SMILES string of the molecule is CNCC1CCN(C(=O)C(NC(=O)c2ccccc2OC)C(C)C)C1. The Morgan fingerprint density at radius 3 is 2.68 bits per heavy atom. The van der Waals surface area contributed by atoms with E-state index < -0.39 is 6.04 Å². The molecular weight excluding hydrogens is 318 g/mol. The first-order valence-corrected chi connectivity index (χ1v) is 8.85. The standard InChI is InChI=1S/C19H29N3O3/c1-13(2)17(19(24)22-10-9-14(12-22)11-20-3)21-18(23)15-7-5-6-8-16(15)25-4/h5-8,13-14,17,20H,9-12H2,1-4H3,(H,21,23). The van der Waals surface area contributed by atoms with E-state index in [1.54, 1.807) is 18.2 Å². The summed E-state index contributed by atoms with van der Waals surface area (Å²) in [4.78, 5) is 27.4. The summed E-state index contributed by atoms with van der Waals surface area (Å²) in [5.74, 6) is 0.707. The average molecular weight is 347 g/mol. The van der Waals surface area contributed by atoms with Crippen molar-refractivity contribution >= 4 is 11.8 Å². The number of para-hydroxylation sites is 1. The third-order valence-corrected chi connectivity index (χ3v) is 4.66. The minimum Gasteiger partial charge on any atom is -0.496 e. The molecule has 1 aromatic rings. The number of benzene rings is 1. The van der Waals surface area contributed by atoms with Gasteiger partial charge >= 0.3 is 0 Å². The van der Waals surface area contributed by atoms with Crippen LogP contribution in [0.15, 0.2) is 24.3 Å². The van der Waals surface area contributed by atoms with Gasteiger partial charge in [0.05, 0.1) is 12.7 Å². The Labute approximate surface area is 149 Å². The molecule has 1 aliphatic rings. The Balaban J connectivity index is 2.08. The molecule has 0 aliphatic carbocycles. The van der Waals surface area contributed by atoms with E-state index in [2.05, 4.69) is 10.6 Å². The molecule has 0 radical (unpaired) electrons. The first kappa shape index (κ1) is 19.2. The van der Waals surface area contributed by atoms with Crippen LogP contribution in [0.2, 0.25) is 0 Å². The summed E-state index contributed by atoms with van der Waals surface area (Å²) in [6, 6.07) is 6.50. The molecular formula is C19H29N3O3. The van der Waals surface area contributed by atoms with Crippen molar-refractivity contribution in [3.63, 3.8) is 0 Å². The predicted octanol–water partition coefficient (Wildman–Crippen LogP) is 1.52. The Kier molecular flexibility index (Phi) is 6.82. The van der Waals surface area contributed by atoms with Gasteiger partial charge in [-0.1, -0.05) is 26.0 Å². The summed E-state index contributed by atoms with van der Waals surface area (Å²) in [6.45, 7) is 6.30. The second kappa shape index (κ2) is 8.85. The van der Waals surface area contributed by atoms with Crippen LogP contribution in [-0.4, -0.2) is 56.5 Å². The molecule has 1 fully saturated rings. The van der Waals surface area contributed by atoms with Crippen LogP contribution in [0.25, 0.3) is 0 Å². The highest BCUT2D eigenvalue weighted by molar-refractivity contribution is 5.99. The maximum Gasteiger partial charge on any atom is 0.255 e. The van der Waals surface area contributed by atoms with Gasteiger partial charge in [-0.2, -0.15) is 0 Å². The fraction of sp³-hybridized carbons (Fsp3) is 0.579. The summed E-state index contributed by atoms with van der Waals surface area (Å²) < 4.78 is 5.25. The van der Waals surface area contributed by atoms with Crippen LogP contribution in [0.5, 0.6) is 5.75 Å². The molecule has 0 bridgehead atoms. The van der Waals surface area contributed by atoms with Crippen molar-refractivity contribution in [1.29, 1.82) is 0 Å². The van der Waals surface area contributed by atoms with E-state index in [0.717, 1.165) is 26.1 Å². The Morgan fingerprint density at radius 2 is 2.04 bits per heavy atom. The Morgan fingerprint density at radius 1 is 1.32 bits per heavy atom. The number of nitrogens with zero attached hydrogens (tertiary/aromatic N) is 1. The molecule has 0 spiro atoms. The second-order valence-corrected chi connectivity index (χ2v) is 6.89. The van der Waals surface area contributed by atoms with Crippen LogP contribution in [0.4, 0.5) is 0 Å². The van der Waals surface area contributed by atoms with E-state index in [9.17, 15) is 9.59 Å². The summed E-state index contributed by atoms with van der Waals surface area (Å²) in [6.07, 6.45) is 0.998. The van der Waals surface area contributed by atoms with Crippen molar-refractivity contribution in [2.75, 3.05) is 33.8 Å². The van der Waals surface area contributed by atoms with Gasteiger partial charge in [-0.25, -0.2) is 0 Å². The van der Waals surface area contributed by atoms with Gasteiger partial charge in [-0.15, -0.1) is 0 Å². The highest BCUT2D eigenvalue weighted by atomic mass is 16.5. The fourth-order valence-electron chi connectivity index (χ4n) is 3.25. The van der Waals surface area contributed by atoms with Crippen molar-refractivity contribution < 1.29 is 14.3 Å². The predicted molar refractivity (Wildman–Crippen MR) is 97.7 cm³/mol. The molecule has 1 saturated heterocycles. The molecule has 1 aliphatic heterocycles. The minimum atomic E-state index is -0.536. The van der Waals surface area contributed by atoms with Crippen molar-refractivity contribution in [3.05, 3.63) is 29.8 Å². The topological polar surface area (TPSA) is 70.7 Å². The molecule has 0 aromatic heterocycles. The maximum atomic E-state index is 12.9. The lowest BCUT2D eigenvalue weighted by atomic mass is 10.0.